The SMILES string of the molecule is Fc1cccc(-c2cccc3cccc(-c4cccc(Nc5ccc(-c6ccccc6)cc5)c4)c23)c1. The van der Waals surface area contributed by atoms with E-state index in [1.807, 2.05) is 18.2 Å². The molecule has 1 nitrogen and oxygen atoms in total. The van der Waals surface area contributed by atoms with Crippen molar-refractivity contribution in [2.45, 2.75) is 0 Å². The molecule has 2 heteroatoms. The van der Waals surface area contributed by atoms with Gasteiger partial charge in [0.25, 0.3) is 0 Å². The maximum Gasteiger partial charge on any atom is 0.123 e. The molecule has 6 aromatic rings. The first-order chi connectivity index (χ1) is 17.7. The predicted molar refractivity (Wildman–Crippen MR) is 150 cm³/mol. The molecule has 0 heterocycles. The average molecular weight is 466 g/mol. The van der Waals surface area contributed by atoms with Crippen molar-refractivity contribution in [3.8, 4) is 33.4 Å². The number of rotatable bonds is 5. The molecule has 1 N–H and O–H groups in total. The fourth-order valence-corrected chi connectivity index (χ4v) is 4.79. The second kappa shape index (κ2) is 9.52. The molecule has 36 heavy (non-hydrogen) atoms. The Hall–Kier alpha value is -4.69. The van der Waals surface area contributed by atoms with E-state index in [4.69, 9.17) is 0 Å². The lowest BCUT2D eigenvalue weighted by atomic mass is 9.91. The Morgan fingerprint density at radius 1 is 0.417 bits per heavy atom. The molecule has 0 aliphatic carbocycles. The van der Waals surface area contributed by atoms with E-state index in [0.29, 0.717) is 0 Å². The monoisotopic (exact) mass is 465 g/mol. The van der Waals surface area contributed by atoms with Gasteiger partial charge in [0.1, 0.15) is 5.82 Å². The molecule has 0 aliphatic heterocycles. The molecular formula is C34H24FN. The number of hydrogen-bond acceptors (Lipinski definition) is 1. The summed E-state index contributed by atoms with van der Waals surface area (Å²) in [5.41, 5.74) is 8.57. The van der Waals surface area contributed by atoms with Gasteiger partial charge >= 0.3 is 0 Å². The van der Waals surface area contributed by atoms with Gasteiger partial charge in [-0.3, -0.25) is 0 Å². The van der Waals surface area contributed by atoms with E-state index < -0.39 is 0 Å². The molecule has 0 saturated carbocycles. The number of anilines is 2. The van der Waals surface area contributed by atoms with E-state index in [1.54, 1.807) is 12.1 Å². The second-order valence-corrected chi connectivity index (χ2v) is 8.87. The van der Waals surface area contributed by atoms with Crippen LogP contribution < -0.4 is 5.32 Å². The van der Waals surface area contributed by atoms with E-state index in [-0.39, 0.29) is 5.82 Å². The summed E-state index contributed by atoms with van der Waals surface area (Å²) in [6, 6.07) is 46.6. The molecule has 0 aliphatic rings. The van der Waals surface area contributed by atoms with Crippen molar-refractivity contribution >= 4 is 22.1 Å². The Morgan fingerprint density at radius 2 is 1.00 bits per heavy atom. The summed E-state index contributed by atoms with van der Waals surface area (Å²) in [5, 5.41) is 5.79. The van der Waals surface area contributed by atoms with Gasteiger partial charge in [-0.1, -0.05) is 103 Å². The molecule has 0 atom stereocenters. The fourth-order valence-electron chi connectivity index (χ4n) is 4.79. The lowest BCUT2D eigenvalue weighted by Gasteiger charge is -2.14. The fraction of sp³-hybridized carbons (Fsp3) is 0. The molecule has 0 saturated heterocycles. The van der Waals surface area contributed by atoms with Crippen LogP contribution in [0, 0.1) is 5.82 Å². The molecule has 6 aromatic carbocycles. The minimum atomic E-state index is -0.230. The maximum atomic E-state index is 14.0. The van der Waals surface area contributed by atoms with Crippen LogP contribution in [0.2, 0.25) is 0 Å². The van der Waals surface area contributed by atoms with Crippen molar-refractivity contribution in [1.29, 1.82) is 0 Å². The normalized spacial score (nSPS) is 10.9. The van der Waals surface area contributed by atoms with E-state index in [0.717, 1.165) is 44.4 Å². The zero-order valence-corrected chi connectivity index (χ0v) is 19.7. The molecule has 0 aromatic heterocycles. The molecule has 172 valence electrons. The van der Waals surface area contributed by atoms with Crippen LogP contribution in [0.15, 0.2) is 140 Å². The molecule has 0 spiro atoms. The summed E-state index contributed by atoms with van der Waals surface area (Å²) in [5.74, 6) is -0.230. The summed E-state index contributed by atoms with van der Waals surface area (Å²) in [7, 11) is 0. The smallest absolute Gasteiger partial charge is 0.123 e. The Bertz CT molecular complexity index is 1650. The van der Waals surface area contributed by atoms with Gasteiger partial charge in [-0.2, -0.15) is 0 Å². The van der Waals surface area contributed by atoms with Crippen LogP contribution in [0.5, 0.6) is 0 Å². The van der Waals surface area contributed by atoms with Crippen LogP contribution in [-0.4, -0.2) is 0 Å². The highest BCUT2D eigenvalue weighted by Crippen LogP contribution is 2.37. The van der Waals surface area contributed by atoms with Crippen LogP contribution in [0.1, 0.15) is 0 Å². The lowest BCUT2D eigenvalue weighted by Crippen LogP contribution is -1.92. The number of fused-ring (bicyclic) bond motifs is 1. The van der Waals surface area contributed by atoms with Gasteiger partial charge in [0.15, 0.2) is 0 Å². The van der Waals surface area contributed by atoms with Crippen molar-refractivity contribution in [3.63, 3.8) is 0 Å². The molecular weight excluding hydrogens is 441 g/mol. The molecule has 6 rings (SSSR count). The van der Waals surface area contributed by atoms with Crippen LogP contribution in [0.25, 0.3) is 44.2 Å². The summed E-state index contributed by atoms with van der Waals surface area (Å²) in [4.78, 5) is 0. The zero-order valence-electron chi connectivity index (χ0n) is 19.7. The Morgan fingerprint density at radius 3 is 1.69 bits per heavy atom. The van der Waals surface area contributed by atoms with Gasteiger partial charge in [-0.05, 0) is 80.6 Å². The van der Waals surface area contributed by atoms with Crippen LogP contribution in [0.3, 0.4) is 0 Å². The van der Waals surface area contributed by atoms with Crippen molar-refractivity contribution in [1.82, 2.24) is 0 Å². The lowest BCUT2D eigenvalue weighted by molar-refractivity contribution is 0.628. The highest BCUT2D eigenvalue weighted by molar-refractivity contribution is 6.06. The van der Waals surface area contributed by atoms with Crippen molar-refractivity contribution < 1.29 is 4.39 Å². The predicted octanol–water partition coefficient (Wildman–Crippen LogP) is 9.72. The molecule has 0 bridgehead atoms. The van der Waals surface area contributed by atoms with Crippen LogP contribution >= 0.6 is 0 Å². The minimum absolute atomic E-state index is 0.230. The first-order valence-corrected chi connectivity index (χ1v) is 12.1. The minimum Gasteiger partial charge on any atom is -0.356 e. The highest BCUT2D eigenvalue weighted by Gasteiger charge is 2.11. The number of halogens is 1. The van der Waals surface area contributed by atoms with Crippen molar-refractivity contribution in [2.24, 2.45) is 0 Å². The summed E-state index contributed by atoms with van der Waals surface area (Å²) in [6.07, 6.45) is 0. The Kier molecular flexibility index (Phi) is 5.77. The van der Waals surface area contributed by atoms with Gasteiger partial charge < -0.3 is 5.32 Å². The molecule has 0 radical (unpaired) electrons. The average Bonchev–Trinajstić information content (AvgIpc) is 2.93. The standard InChI is InChI=1S/C34H24FN/c35-29-14-4-12-27(22-29)32-16-6-10-26-11-7-17-33(34(26)32)28-13-5-15-31(23-28)36-30-20-18-25(19-21-30)24-8-2-1-3-9-24/h1-23,36H. The van der Waals surface area contributed by atoms with E-state index >= 15 is 0 Å². The second-order valence-electron chi connectivity index (χ2n) is 8.87. The summed E-state index contributed by atoms with van der Waals surface area (Å²) < 4.78 is 14.0. The Labute approximate surface area is 210 Å². The van der Waals surface area contributed by atoms with Gasteiger partial charge in [0.05, 0.1) is 0 Å². The van der Waals surface area contributed by atoms with Crippen molar-refractivity contribution in [3.05, 3.63) is 145 Å². The summed E-state index contributed by atoms with van der Waals surface area (Å²) in [6.45, 7) is 0. The third kappa shape index (κ3) is 4.37. The number of hydrogen-bond donors (Lipinski definition) is 1. The highest BCUT2D eigenvalue weighted by atomic mass is 19.1. The van der Waals surface area contributed by atoms with Crippen LogP contribution in [-0.2, 0) is 0 Å². The summed E-state index contributed by atoms with van der Waals surface area (Å²) >= 11 is 0. The van der Waals surface area contributed by atoms with Gasteiger partial charge in [-0.25, -0.2) is 4.39 Å². The van der Waals surface area contributed by atoms with Crippen molar-refractivity contribution in [2.75, 3.05) is 5.32 Å². The number of nitrogens with one attached hydrogen (secondary N) is 1. The molecule has 0 fully saturated rings. The van der Waals surface area contributed by atoms with E-state index in [1.165, 1.54) is 17.2 Å². The first-order valence-electron chi connectivity index (χ1n) is 12.1. The molecule has 0 amide bonds. The number of benzene rings is 6. The van der Waals surface area contributed by atoms with Gasteiger partial charge in [0.2, 0.25) is 0 Å². The third-order valence-corrected chi connectivity index (χ3v) is 6.49. The quantitative estimate of drug-likeness (QED) is 0.267. The van der Waals surface area contributed by atoms with E-state index in [2.05, 4.69) is 108 Å². The Balaban J connectivity index is 1.36. The zero-order chi connectivity index (χ0) is 24.3. The largest absolute Gasteiger partial charge is 0.356 e. The van der Waals surface area contributed by atoms with Gasteiger partial charge in [0, 0.05) is 11.4 Å². The topological polar surface area (TPSA) is 12.0 Å². The van der Waals surface area contributed by atoms with E-state index in [9.17, 15) is 4.39 Å². The molecule has 0 unspecified atom stereocenters. The third-order valence-electron chi connectivity index (χ3n) is 6.49. The first kappa shape index (κ1) is 21.8. The maximum absolute atomic E-state index is 14.0. The van der Waals surface area contributed by atoms with Gasteiger partial charge in [-0.15, -0.1) is 0 Å². The van der Waals surface area contributed by atoms with Crippen LogP contribution in [0.4, 0.5) is 15.8 Å².